The molecule has 0 aliphatic rings. The van der Waals surface area contributed by atoms with Gasteiger partial charge in [-0.3, -0.25) is 0 Å². The molecule has 1 rings (SSSR count). The van der Waals surface area contributed by atoms with Crippen molar-refractivity contribution in [2.75, 3.05) is 31.5 Å². The number of hydrogen-bond acceptors (Lipinski definition) is 2. The van der Waals surface area contributed by atoms with Crippen LogP contribution in [0.1, 0.15) is 13.8 Å². The van der Waals surface area contributed by atoms with Gasteiger partial charge in [0.2, 0.25) is 0 Å². The molecule has 0 spiro atoms. The number of rotatable bonds is 6. The number of nitrogens with zero attached hydrogens (tertiary/aromatic N) is 1. The van der Waals surface area contributed by atoms with Gasteiger partial charge in [0, 0.05) is 18.1 Å². The molecule has 0 heterocycles. The highest BCUT2D eigenvalue weighted by molar-refractivity contribution is 6.41. The van der Waals surface area contributed by atoms with Crippen LogP contribution in [0.5, 0.6) is 0 Å². The van der Waals surface area contributed by atoms with E-state index in [9.17, 15) is 0 Å². The molecule has 1 aromatic rings. The monoisotopic (exact) mass is 294 g/mol. The normalized spacial score (nSPS) is 10.9. The van der Waals surface area contributed by atoms with Crippen molar-refractivity contribution in [3.63, 3.8) is 0 Å². The van der Waals surface area contributed by atoms with Crippen molar-refractivity contribution in [3.05, 3.63) is 27.2 Å². The Bertz CT molecular complexity index is 342. The molecule has 0 amide bonds. The van der Waals surface area contributed by atoms with Crippen LogP contribution >= 0.6 is 34.8 Å². The number of halogens is 3. The maximum atomic E-state index is 6.07. The molecule has 0 saturated carbocycles. The fraction of sp³-hybridized carbons (Fsp3) is 0.500. The van der Waals surface area contributed by atoms with Crippen molar-refractivity contribution in [1.82, 2.24) is 4.90 Å². The molecule has 0 aliphatic carbocycles. The van der Waals surface area contributed by atoms with Crippen LogP contribution in [0.25, 0.3) is 0 Å². The fourth-order valence-corrected chi connectivity index (χ4v) is 2.54. The summed E-state index contributed by atoms with van der Waals surface area (Å²) in [7, 11) is 0. The van der Waals surface area contributed by atoms with Gasteiger partial charge in [-0.05, 0) is 25.2 Å². The molecular weight excluding hydrogens is 279 g/mol. The Balaban J connectivity index is 2.58. The first-order chi connectivity index (χ1) is 8.08. The van der Waals surface area contributed by atoms with E-state index in [1.165, 1.54) is 0 Å². The molecule has 1 N–H and O–H groups in total. The largest absolute Gasteiger partial charge is 0.381 e. The van der Waals surface area contributed by atoms with Gasteiger partial charge in [0.25, 0.3) is 0 Å². The molecule has 17 heavy (non-hydrogen) atoms. The SMILES string of the molecule is CCN(CC)CCNc1c(Cl)cc(Cl)cc1Cl. The summed E-state index contributed by atoms with van der Waals surface area (Å²) in [6.45, 7) is 8.14. The van der Waals surface area contributed by atoms with Gasteiger partial charge in [-0.1, -0.05) is 48.7 Å². The number of nitrogens with one attached hydrogen (secondary N) is 1. The van der Waals surface area contributed by atoms with Crippen LogP contribution in [0, 0.1) is 0 Å². The van der Waals surface area contributed by atoms with Crippen LogP contribution in [-0.2, 0) is 0 Å². The fourth-order valence-electron chi connectivity index (χ4n) is 1.59. The predicted octanol–water partition coefficient (Wildman–Crippen LogP) is 4.40. The van der Waals surface area contributed by atoms with Crippen LogP contribution in [0.15, 0.2) is 12.1 Å². The maximum Gasteiger partial charge on any atom is 0.0720 e. The zero-order valence-electron chi connectivity index (χ0n) is 10.1. The second kappa shape index (κ2) is 7.32. The van der Waals surface area contributed by atoms with Gasteiger partial charge >= 0.3 is 0 Å². The third-order valence-electron chi connectivity index (χ3n) is 2.63. The van der Waals surface area contributed by atoms with E-state index in [1.54, 1.807) is 12.1 Å². The van der Waals surface area contributed by atoms with E-state index in [4.69, 9.17) is 34.8 Å². The Kier molecular flexibility index (Phi) is 6.42. The molecule has 5 heteroatoms. The summed E-state index contributed by atoms with van der Waals surface area (Å²) >= 11 is 18.0. The first-order valence-electron chi connectivity index (χ1n) is 5.69. The Morgan fingerprint density at radius 3 is 2.06 bits per heavy atom. The maximum absolute atomic E-state index is 6.07. The molecule has 2 nitrogen and oxygen atoms in total. The average Bonchev–Trinajstić information content (AvgIpc) is 2.27. The minimum Gasteiger partial charge on any atom is -0.381 e. The van der Waals surface area contributed by atoms with E-state index in [0.717, 1.165) is 31.9 Å². The summed E-state index contributed by atoms with van der Waals surface area (Å²) in [6, 6.07) is 3.38. The van der Waals surface area contributed by atoms with E-state index in [0.29, 0.717) is 15.1 Å². The summed E-state index contributed by atoms with van der Waals surface area (Å²) in [5, 5.41) is 4.91. The summed E-state index contributed by atoms with van der Waals surface area (Å²) in [6.07, 6.45) is 0. The van der Waals surface area contributed by atoms with Gasteiger partial charge in [-0.25, -0.2) is 0 Å². The van der Waals surface area contributed by atoms with Crippen LogP contribution in [0.3, 0.4) is 0 Å². The lowest BCUT2D eigenvalue weighted by molar-refractivity contribution is 0.316. The molecule has 0 bridgehead atoms. The summed E-state index contributed by atoms with van der Waals surface area (Å²) in [5.41, 5.74) is 0.755. The van der Waals surface area contributed by atoms with Crippen molar-refractivity contribution in [1.29, 1.82) is 0 Å². The molecule has 0 unspecified atom stereocenters. The number of hydrogen-bond donors (Lipinski definition) is 1. The van der Waals surface area contributed by atoms with Crippen molar-refractivity contribution >= 4 is 40.5 Å². The Labute approximate surface area is 118 Å². The minimum atomic E-state index is 0.550. The Morgan fingerprint density at radius 2 is 1.59 bits per heavy atom. The lowest BCUT2D eigenvalue weighted by atomic mass is 10.3. The predicted molar refractivity (Wildman–Crippen MR) is 77.7 cm³/mol. The van der Waals surface area contributed by atoms with E-state index < -0.39 is 0 Å². The molecule has 0 fully saturated rings. The van der Waals surface area contributed by atoms with Gasteiger partial charge in [0.15, 0.2) is 0 Å². The van der Waals surface area contributed by atoms with Crippen molar-refractivity contribution in [3.8, 4) is 0 Å². The number of benzene rings is 1. The molecule has 0 aliphatic heterocycles. The van der Waals surface area contributed by atoms with E-state index in [1.807, 2.05) is 0 Å². The van der Waals surface area contributed by atoms with Crippen LogP contribution in [-0.4, -0.2) is 31.1 Å². The first-order valence-corrected chi connectivity index (χ1v) is 6.82. The van der Waals surface area contributed by atoms with Crippen LogP contribution in [0.2, 0.25) is 15.1 Å². The second-order valence-corrected chi connectivity index (χ2v) is 4.95. The Morgan fingerprint density at radius 1 is 1.06 bits per heavy atom. The van der Waals surface area contributed by atoms with E-state index >= 15 is 0 Å². The highest BCUT2D eigenvalue weighted by atomic mass is 35.5. The molecule has 96 valence electrons. The molecular formula is C12H17Cl3N2. The minimum absolute atomic E-state index is 0.550. The summed E-state index contributed by atoms with van der Waals surface area (Å²) < 4.78 is 0. The van der Waals surface area contributed by atoms with Crippen molar-refractivity contribution < 1.29 is 0 Å². The quantitative estimate of drug-likeness (QED) is 0.837. The average molecular weight is 296 g/mol. The highest BCUT2D eigenvalue weighted by Gasteiger charge is 2.07. The zero-order valence-corrected chi connectivity index (χ0v) is 12.3. The topological polar surface area (TPSA) is 15.3 Å². The van der Waals surface area contributed by atoms with Crippen molar-refractivity contribution in [2.45, 2.75) is 13.8 Å². The van der Waals surface area contributed by atoms with Gasteiger partial charge < -0.3 is 10.2 Å². The van der Waals surface area contributed by atoms with Gasteiger partial charge in [0.1, 0.15) is 0 Å². The molecule has 0 saturated heterocycles. The third-order valence-corrected chi connectivity index (χ3v) is 3.45. The van der Waals surface area contributed by atoms with Gasteiger partial charge in [-0.15, -0.1) is 0 Å². The van der Waals surface area contributed by atoms with E-state index in [2.05, 4.69) is 24.1 Å². The van der Waals surface area contributed by atoms with Crippen molar-refractivity contribution in [2.24, 2.45) is 0 Å². The lowest BCUT2D eigenvalue weighted by Gasteiger charge is -2.19. The molecule has 0 atom stereocenters. The number of anilines is 1. The smallest absolute Gasteiger partial charge is 0.0720 e. The summed E-state index contributed by atoms with van der Waals surface area (Å²) in [4.78, 5) is 2.32. The first kappa shape index (κ1) is 14.9. The van der Waals surface area contributed by atoms with Crippen LogP contribution in [0.4, 0.5) is 5.69 Å². The van der Waals surface area contributed by atoms with E-state index in [-0.39, 0.29) is 0 Å². The molecule has 1 aromatic carbocycles. The lowest BCUT2D eigenvalue weighted by Crippen LogP contribution is -2.28. The standard InChI is InChI=1S/C12H17Cl3N2/c1-3-17(4-2)6-5-16-12-10(14)7-9(13)8-11(12)15/h7-8,16H,3-6H2,1-2H3. The molecule has 0 aromatic heterocycles. The van der Waals surface area contributed by atoms with Crippen LogP contribution < -0.4 is 5.32 Å². The van der Waals surface area contributed by atoms with Gasteiger partial charge in [0.05, 0.1) is 15.7 Å². The summed E-state index contributed by atoms with van der Waals surface area (Å²) in [5.74, 6) is 0. The highest BCUT2D eigenvalue weighted by Crippen LogP contribution is 2.33. The second-order valence-electron chi connectivity index (χ2n) is 3.70. The zero-order chi connectivity index (χ0) is 12.8. The Hall–Kier alpha value is -0.150. The third kappa shape index (κ3) is 4.55. The number of likely N-dealkylation sites (N-methyl/N-ethyl adjacent to an activating group) is 1. The molecule has 0 radical (unpaired) electrons. The van der Waals surface area contributed by atoms with Gasteiger partial charge in [-0.2, -0.15) is 0 Å².